The number of amides is 1. The largest absolute Gasteiger partial charge is 0.452 e. The maximum Gasteiger partial charge on any atom is 0.340 e. The fourth-order valence-electron chi connectivity index (χ4n) is 3.20. The van der Waals surface area contributed by atoms with E-state index in [-0.39, 0.29) is 12.5 Å². The number of benzene rings is 2. The topological polar surface area (TPSA) is 67.4 Å². The predicted molar refractivity (Wildman–Crippen MR) is 111 cm³/mol. The molecule has 0 aromatic heterocycles. The van der Waals surface area contributed by atoms with E-state index in [0.29, 0.717) is 17.8 Å². The number of anilines is 2. The summed E-state index contributed by atoms with van der Waals surface area (Å²) >= 11 is 0. The van der Waals surface area contributed by atoms with Crippen molar-refractivity contribution in [3.63, 3.8) is 0 Å². The van der Waals surface area contributed by atoms with Crippen LogP contribution in [0.15, 0.2) is 66.2 Å². The van der Waals surface area contributed by atoms with Gasteiger partial charge in [-0.05, 0) is 56.4 Å². The molecule has 0 bridgehead atoms. The lowest BCUT2D eigenvalue weighted by Crippen LogP contribution is -2.30. The van der Waals surface area contributed by atoms with Crippen molar-refractivity contribution in [2.45, 2.75) is 32.1 Å². The third-order valence-electron chi connectivity index (χ3n) is 4.69. The molecule has 1 amide bonds. The van der Waals surface area contributed by atoms with Crippen LogP contribution in [0.5, 0.6) is 0 Å². The number of allylic oxidation sites excluding steroid dienone is 1. The van der Waals surface area contributed by atoms with E-state index in [1.807, 2.05) is 42.5 Å². The van der Waals surface area contributed by atoms with Gasteiger partial charge in [0.25, 0.3) is 5.91 Å². The van der Waals surface area contributed by atoms with E-state index in [1.165, 1.54) is 18.4 Å². The summed E-state index contributed by atoms with van der Waals surface area (Å²) in [4.78, 5) is 24.4. The van der Waals surface area contributed by atoms with E-state index in [9.17, 15) is 9.59 Å². The van der Waals surface area contributed by atoms with E-state index < -0.39 is 5.97 Å². The maximum atomic E-state index is 12.4. The van der Waals surface area contributed by atoms with Crippen LogP contribution in [0.25, 0.3) is 0 Å². The van der Waals surface area contributed by atoms with Crippen LogP contribution in [-0.2, 0) is 9.53 Å². The molecule has 0 saturated heterocycles. The standard InChI is InChI=1S/C23H26N2O3/c26-22(24-16-15-18-9-3-1-4-10-18)17-28-23(27)20-13-7-8-14-21(20)25-19-11-5-2-6-12-19/h2,5-9,11-14,25H,1,3-4,10,15-17H2,(H,24,26). The predicted octanol–water partition coefficient (Wildman–Crippen LogP) is 4.59. The molecule has 0 atom stereocenters. The van der Waals surface area contributed by atoms with E-state index in [4.69, 9.17) is 4.74 Å². The fraction of sp³-hybridized carbons (Fsp3) is 0.304. The Morgan fingerprint density at radius 3 is 2.54 bits per heavy atom. The number of para-hydroxylation sites is 2. The second-order valence-corrected chi connectivity index (χ2v) is 6.82. The minimum absolute atomic E-state index is 0.279. The summed E-state index contributed by atoms with van der Waals surface area (Å²) in [6.45, 7) is 0.298. The van der Waals surface area contributed by atoms with Gasteiger partial charge in [0, 0.05) is 12.2 Å². The Labute approximate surface area is 165 Å². The first-order valence-corrected chi connectivity index (χ1v) is 9.75. The van der Waals surface area contributed by atoms with Gasteiger partial charge in [-0.1, -0.05) is 42.0 Å². The molecule has 2 aromatic rings. The number of hydrogen-bond acceptors (Lipinski definition) is 4. The van der Waals surface area contributed by atoms with Crippen molar-refractivity contribution in [1.29, 1.82) is 0 Å². The monoisotopic (exact) mass is 378 g/mol. The van der Waals surface area contributed by atoms with E-state index in [1.54, 1.807) is 12.1 Å². The molecule has 5 nitrogen and oxygen atoms in total. The smallest absolute Gasteiger partial charge is 0.340 e. The zero-order valence-electron chi connectivity index (χ0n) is 15.9. The number of carbonyl (C=O) groups is 2. The fourth-order valence-corrected chi connectivity index (χ4v) is 3.20. The van der Waals surface area contributed by atoms with Gasteiger partial charge in [-0.15, -0.1) is 0 Å². The van der Waals surface area contributed by atoms with Crippen molar-refractivity contribution in [3.8, 4) is 0 Å². The van der Waals surface area contributed by atoms with Gasteiger partial charge in [0.15, 0.2) is 6.61 Å². The molecule has 0 aliphatic heterocycles. The molecule has 146 valence electrons. The summed E-state index contributed by atoms with van der Waals surface area (Å²) in [5.74, 6) is -0.803. The molecular weight excluding hydrogens is 352 g/mol. The highest BCUT2D eigenvalue weighted by molar-refractivity contribution is 5.97. The first kappa shape index (κ1) is 19.7. The normalized spacial score (nSPS) is 13.4. The van der Waals surface area contributed by atoms with E-state index in [2.05, 4.69) is 16.7 Å². The quantitative estimate of drug-likeness (QED) is 0.521. The van der Waals surface area contributed by atoms with Crippen LogP contribution in [0.3, 0.4) is 0 Å². The van der Waals surface area contributed by atoms with Crippen molar-refractivity contribution in [2.75, 3.05) is 18.5 Å². The van der Waals surface area contributed by atoms with Crippen LogP contribution in [0.4, 0.5) is 11.4 Å². The molecule has 0 heterocycles. The van der Waals surface area contributed by atoms with Crippen LogP contribution in [0.1, 0.15) is 42.5 Å². The molecule has 0 radical (unpaired) electrons. The average Bonchev–Trinajstić information content (AvgIpc) is 2.74. The molecule has 1 aliphatic rings. The number of carbonyl (C=O) groups excluding carboxylic acids is 2. The first-order valence-electron chi connectivity index (χ1n) is 9.75. The molecule has 1 aliphatic carbocycles. The SMILES string of the molecule is O=C(COC(=O)c1ccccc1Nc1ccccc1)NCCC1=CCCCC1. The lowest BCUT2D eigenvalue weighted by atomic mass is 9.97. The summed E-state index contributed by atoms with van der Waals surface area (Å²) in [5, 5.41) is 6.02. The van der Waals surface area contributed by atoms with Gasteiger partial charge in [-0.3, -0.25) is 4.79 Å². The summed E-state index contributed by atoms with van der Waals surface area (Å²) in [6.07, 6.45) is 7.88. The molecule has 0 saturated carbocycles. The summed E-state index contributed by atoms with van der Waals surface area (Å²) in [5.41, 5.74) is 3.32. The van der Waals surface area contributed by atoms with Crippen molar-refractivity contribution >= 4 is 23.3 Å². The maximum absolute atomic E-state index is 12.4. The molecule has 28 heavy (non-hydrogen) atoms. The van der Waals surface area contributed by atoms with Crippen LogP contribution in [-0.4, -0.2) is 25.0 Å². The van der Waals surface area contributed by atoms with E-state index >= 15 is 0 Å². The Morgan fingerprint density at radius 2 is 1.75 bits per heavy atom. The van der Waals surface area contributed by atoms with Crippen LogP contribution < -0.4 is 10.6 Å². The molecule has 3 rings (SSSR count). The van der Waals surface area contributed by atoms with Gasteiger partial charge in [0.1, 0.15) is 0 Å². The van der Waals surface area contributed by atoms with Gasteiger partial charge >= 0.3 is 5.97 Å². The molecule has 2 aromatic carbocycles. The Morgan fingerprint density at radius 1 is 0.964 bits per heavy atom. The Hall–Kier alpha value is -3.08. The minimum Gasteiger partial charge on any atom is -0.452 e. The molecule has 0 unspecified atom stereocenters. The first-order chi connectivity index (χ1) is 13.7. The Balaban J connectivity index is 1.48. The zero-order valence-corrected chi connectivity index (χ0v) is 15.9. The molecule has 5 heteroatoms. The molecule has 2 N–H and O–H groups in total. The second-order valence-electron chi connectivity index (χ2n) is 6.82. The zero-order chi connectivity index (χ0) is 19.6. The number of ether oxygens (including phenoxy) is 1. The second kappa shape index (κ2) is 10.3. The van der Waals surface area contributed by atoms with Gasteiger partial charge in [-0.2, -0.15) is 0 Å². The average molecular weight is 378 g/mol. The van der Waals surface area contributed by atoms with Crippen LogP contribution >= 0.6 is 0 Å². The third kappa shape index (κ3) is 5.98. The molecule has 0 spiro atoms. The van der Waals surface area contributed by atoms with Gasteiger partial charge in [0.05, 0.1) is 11.3 Å². The number of nitrogens with one attached hydrogen (secondary N) is 2. The summed E-state index contributed by atoms with van der Waals surface area (Å²) < 4.78 is 5.21. The lowest BCUT2D eigenvalue weighted by molar-refractivity contribution is -0.124. The van der Waals surface area contributed by atoms with Gasteiger partial charge in [-0.25, -0.2) is 4.79 Å². The third-order valence-corrected chi connectivity index (χ3v) is 4.69. The highest BCUT2D eigenvalue weighted by Crippen LogP contribution is 2.21. The van der Waals surface area contributed by atoms with Crippen molar-refractivity contribution in [2.24, 2.45) is 0 Å². The van der Waals surface area contributed by atoms with Gasteiger partial charge < -0.3 is 15.4 Å². The van der Waals surface area contributed by atoms with Crippen LogP contribution in [0.2, 0.25) is 0 Å². The number of rotatable bonds is 8. The molecule has 0 fully saturated rings. The van der Waals surface area contributed by atoms with E-state index in [0.717, 1.165) is 24.9 Å². The van der Waals surface area contributed by atoms with Gasteiger partial charge in [0.2, 0.25) is 0 Å². The highest BCUT2D eigenvalue weighted by Gasteiger charge is 2.14. The van der Waals surface area contributed by atoms with Crippen molar-refractivity contribution < 1.29 is 14.3 Å². The minimum atomic E-state index is -0.524. The van der Waals surface area contributed by atoms with Crippen molar-refractivity contribution in [3.05, 3.63) is 71.8 Å². The van der Waals surface area contributed by atoms with Crippen molar-refractivity contribution in [1.82, 2.24) is 5.32 Å². The summed E-state index contributed by atoms with van der Waals surface area (Å²) in [7, 11) is 0. The Kier molecular flexibility index (Phi) is 7.24. The Bertz CT molecular complexity index is 831. The van der Waals surface area contributed by atoms with Crippen LogP contribution in [0, 0.1) is 0 Å². The molecular formula is C23H26N2O3. The summed E-state index contributed by atoms with van der Waals surface area (Å²) in [6, 6.07) is 16.7. The lowest BCUT2D eigenvalue weighted by Gasteiger charge is -2.13. The number of esters is 1. The number of hydrogen-bond donors (Lipinski definition) is 2. The highest BCUT2D eigenvalue weighted by atomic mass is 16.5.